The Kier molecular flexibility index (Phi) is 10.6. The van der Waals surface area contributed by atoms with Gasteiger partial charge in [0.1, 0.15) is 5.75 Å². The second kappa shape index (κ2) is 15.1. The minimum atomic E-state index is -0.260. The molecule has 1 atom stereocenters. The summed E-state index contributed by atoms with van der Waals surface area (Å²) in [6.07, 6.45) is 4.04. The van der Waals surface area contributed by atoms with Crippen molar-refractivity contribution in [2.24, 2.45) is 7.05 Å². The molecule has 0 saturated carbocycles. The number of aromatic hydroxyl groups is 1. The van der Waals surface area contributed by atoms with Crippen molar-refractivity contribution in [3.8, 4) is 17.0 Å². The van der Waals surface area contributed by atoms with Gasteiger partial charge in [-0.1, -0.05) is 35.9 Å². The molecule has 1 saturated heterocycles. The Morgan fingerprint density at radius 1 is 0.920 bits per heavy atom. The number of rotatable bonds is 7. The highest BCUT2D eigenvalue weighted by atomic mass is 35.5. The average molecular weight is 713 g/mol. The molecule has 1 fully saturated rings. The summed E-state index contributed by atoms with van der Waals surface area (Å²) in [5, 5.41) is 10.4. The van der Waals surface area contributed by atoms with Gasteiger partial charge in [0, 0.05) is 84.9 Å². The van der Waals surface area contributed by atoms with Gasteiger partial charge < -0.3 is 19.3 Å². The highest BCUT2D eigenvalue weighted by Gasteiger charge is 2.34. The van der Waals surface area contributed by atoms with E-state index in [0.717, 1.165) is 37.3 Å². The summed E-state index contributed by atoms with van der Waals surface area (Å²) in [4.78, 5) is 39.3. The van der Waals surface area contributed by atoms with Gasteiger partial charge >= 0.3 is 0 Å². The SMILES string of the molecule is Cc1c(C(=O)N(c2ccncc2)c2ccc(O)cc2)cc(-c2cc(Cl)ccc2C(=O)N2Cc3ccccc3C[C@H]2CN2CCOCC2)n1C.Cl. The predicted molar refractivity (Wildman–Crippen MR) is 198 cm³/mol. The van der Waals surface area contributed by atoms with Gasteiger partial charge in [-0.2, -0.15) is 0 Å². The maximum Gasteiger partial charge on any atom is 0.264 e. The summed E-state index contributed by atoms with van der Waals surface area (Å²) < 4.78 is 7.54. The number of hydrogen-bond donors (Lipinski definition) is 1. The number of amides is 2. The molecule has 2 aromatic heterocycles. The topological polar surface area (TPSA) is 91.1 Å². The largest absolute Gasteiger partial charge is 0.508 e. The minimum absolute atomic E-state index is 0. The van der Waals surface area contributed by atoms with Gasteiger partial charge in [-0.3, -0.25) is 24.4 Å². The zero-order chi connectivity index (χ0) is 34.1. The van der Waals surface area contributed by atoms with E-state index in [9.17, 15) is 14.7 Å². The van der Waals surface area contributed by atoms with Gasteiger partial charge in [-0.15, -0.1) is 12.4 Å². The maximum atomic E-state index is 14.7. The van der Waals surface area contributed by atoms with Crippen LogP contribution in [0, 0.1) is 6.92 Å². The molecule has 258 valence electrons. The number of phenols is 1. The van der Waals surface area contributed by atoms with Crippen LogP contribution in [0.2, 0.25) is 5.02 Å². The van der Waals surface area contributed by atoms with Crippen molar-refractivity contribution in [3.05, 3.63) is 130 Å². The normalized spacial score (nSPS) is 16.0. The van der Waals surface area contributed by atoms with Crippen molar-refractivity contribution in [1.29, 1.82) is 0 Å². The number of nitrogens with zero attached hydrogens (tertiary/aromatic N) is 5. The number of pyridine rings is 1. The van der Waals surface area contributed by atoms with Crippen LogP contribution in [0.5, 0.6) is 5.75 Å². The molecule has 0 unspecified atom stereocenters. The number of benzene rings is 3. The monoisotopic (exact) mass is 711 g/mol. The van der Waals surface area contributed by atoms with Crippen LogP contribution in [0.3, 0.4) is 0 Å². The standard InChI is InChI=1S/C39H38ClN5O4.ClH/c1-26-35(39(48)45(31-13-15-41-16-14-31)30-8-10-33(46)11-9-30)23-37(42(26)2)36-22-29(40)7-12-34(36)38(47)44-24-28-6-4-3-5-27(28)21-32(44)25-43-17-19-49-20-18-43;/h3-16,22-23,32,46H,17-21,24-25H2,1-2H3;1H/t32-;/m0./s1. The first-order chi connectivity index (χ1) is 23.8. The Balaban J connectivity index is 0.00000432. The molecule has 4 heterocycles. The molecule has 3 aromatic carbocycles. The molecule has 11 heteroatoms. The van der Waals surface area contributed by atoms with E-state index in [1.165, 1.54) is 5.56 Å². The number of phenolic OH excluding ortho intramolecular Hbond substituents is 1. The summed E-state index contributed by atoms with van der Waals surface area (Å²) in [5.74, 6) is -0.232. The average Bonchev–Trinajstić information content (AvgIpc) is 3.42. The van der Waals surface area contributed by atoms with E-state index in [-0.39, 0.29) is 36.0 Å². The first kappa shape index (κ1) is 35.2. The number of carbonyl (C=O) groups excluding carboxylic acids is 2. The zero-order valence-electron chi connectivity index (χ0n) is 28.0. The van der Waals surface area contributed by atoms with Gasteiger partial charge in [0.05, 0.1) is 24.5 Å². The second-order valence-electron chi connectivity index (χ2n) is 12.6. The van der Waals surface area contributed by atoms with Crippen LogP contribution in [0.1, 0.15) is 37.5 Å². The number of hydrogen-bond acceptors (Lipinski definition) is 6. The van der Waals surface area contributed by atoms with E-state index in [2.05, 4.69) is 28.1 Å². The summed E-state index contributed by atoms with van der Waals surface area (Å²) in [6.45, 7) is 6.23. The Morgan fingerprint density at radius 2 is 1.60 bits per heavy atom. The lowest BCUT2D eigenvalue weighted by Gasteiger charge is -2.40. The Morgan fingerprint density at radius 3 is 2.32 bits per heavy atom. The number of fused-ring (bicyclic) bond motifs is 1. The van der Waals surface area contributed by atoms with Crippen LogP contribution in [0.4, 0.5) is 11.4 Å². The predicted octanol–water partition coefficient (Wildman–Crippen LogP) is 7.05. The first-order valence-corrected chi connectivity index (χ1v) is 16.8. The van der Waals surface area contributed by atoms with Crippen LogP contribution < -0.4 is 4.90 Å². The molecule has 2 amide bonds. The first-order valence-electron chi connectivity index (χ1n) is 16.5. The molecule has 0 bridgehead atoms. The molecule has 9 nitrogen and oxygen atoms in total. The molecule has 1 N–H and O–H groups in total. The zero-order valence-corrected chi connectivity index (χ0v) is 29.5. The molecule has 2 aliphatic heterocycles. The third kappa shape index (κ3) is 7.00. The third-order valence-corrected chi connectivity index (χ3v) is 9.91. The van der Waals surface area contributed by atoms with E-state index < -0.39 is 0 Å². The lowest BCUT2D eigenvalue weighted by molar-refractivity contribution is 0.0193. The fourth-order valence-corrected chi connectivity index (χ4v) is 7.08. The van der Waals surface area contributed by atoms with Gasteiger partial charge in [-0.05, 0) is 85.1 Å². The molecule has 0 aliphatic carbocycles. The Bertz CT molecular complexity index is 1990. The van der Waals surface area contributed by atoms with Crippen molar-refractivity contribution in [3.63, 3.8) is 0 Å². The highest BCUT2D eigenvalue weighted by Crippen LogP contribution is 2.36. The molecule has 2 aliphatic rings. The number of aromatic nitrogens is 2. The number of carbonyl (C=O) groups is 2. The lowest BCUT2D eigenvalue weighted by atomic mass is 9.92. The van der Waals surface area contributed by atoms with Crippen LogP contribution in [-0.4, -0.2) is 75.2 Å². The second-order valence-corrected chi connectivity index (χ2v) is 13.0. The quantitative estimate of drug-likeness (QED) is 0.195. The fourth-order valence-electron chi connectivity index (χ4n) is 6.91. The smallest absolute Gasteiger partial charge is 0.264 e. The third-order valence-electron chi connectivity index (χ3n) is 9.67. The fraction of sp³-hybridized carbons (Fsp3) is 0.256. The number of morpholine rings is 1. The number of anilines is 2. The lowest BCUT2D eigenvalue weighted by Crippen LogP contribution is -2.52. The van der Waals surface area contributed by atoms with E-state index >= 15 is 0 Å². The van der Waals surface area contributed by atoms with Gasteiger partial charge in [-0.25, -0.2) is 0 Å². The summed E-state index contributed by atoms with van der Waals surface area (Å²) in [5.41, 5.74) is 6.73. The van der Waals surface area contributed by atoms with E-state index in [4.69, 9.17) is 16.3 Å². The van der Waals surface area contributed by atoms with Gasteiger partial charge in [0.25, 0.3) is 11.8 Å². The summed E-state index contributed by atoms with van der Waals surface area (Å²) in [7, 11) is 1.90. The number of halogens is 2. The van der Waals surface area contributed by atoms with Crippen LogP contribution in [0.25, 0.3) is 11.3 Å². The summed E-state index contributed by atoms with van der Waals surface area (Å²) >= 11 is 6.61. The summed E-state index contributed by atoms with van der Waals surface area (Å²) in [6, 6.07) is 25.6. The van der Waals surface area contributed by atoms with Gasteiger partial charge in [0.2, 0.25) is 0 Å². The van der Waals surface area contributed by atoms with Crippen molar-refractivity contribution in [2.45, 2.75) is 25.9 Å². The van der Waals surface area contributed by atoms with Crippen molar-refractivity contribution in [1.82, 2.24) is 19.4 Å². The van der Waals surface area contributed by atoms with Crippen LogP contribution >= 0.6 is 24.0 Å². The van der Waals surface area contributed by atoms with E-state index in [1.54, 1.807) is 65.8 Å². The van der Waals surface area contributed by atoms with Crippen molar-refractivity contribution >= 4 is 47.2 Å². The molecule has 7 rings (SSSR count). The molecular formula is C39H39Cl2N5O4. The minimum Gasteiger partial charge on any atom is -0.508 e. The molecular weight excluding hydrogens is 673 g/mol. The van der Waals surface area contributed by atoms with Crippen molar-refractivity contribution in [2.75, 3.05) is 37.7 Å². The highest BCUT2D eigenvalue weighted by molar-refractivity contribution is 6.31. The van der Waals surface area contributed by atoms with Crippen LogP contribution in [-0.2, 0) is 24.8 Å². The van der Waals surface area contributed by atoms with Crippen LogP contribution in [0.15, 0.2) is 97.3 Å². The Labute approximate surface area is 303 Å². The maximum absolute atomic E-state index is 14.7. The van der Waals surface area contributed by atoms with Gasteiger partial charge in [0.15, 0.2) is 0 Å². The van der Waals surface area contributed by atoms with Crippen molar-refractivity contribution < 1.29 is 19.4 Å². The Hall–Kier alpha value is -4.67. The van der Waals surface area contributed by atoms with E-state index in [0.29, 0.717) is 58.5 Å². The molecule has 0 spiro atoms. The molecule has 5 aromatic rings. The number of ether oxygens (including phenoxy) is 1. The molecule has 0 radical (unpaired) electrons. The molecule has 50 heavy (non-hydrogen) atoms. The van der Waals surface area contributed by atoms with E-state index in [1.807, 2.05) is 41.6 Å².